The molecular weight excluding hydrogens is 254 g/mol. The predicted octanol–water partition coefficient (Wildman–Crippen LogP) is 2.09. The Kier molecular flexibility index (Phi) is 3.92. The first-order valence-corrected chi connectivity index (χ1v) is 7.33. The molecule has 3 atom stereocenters. The summed E-state index contributed by atoms with van der Waals surface area (Å²) in [6.07, 6.45) is 2.70. The van der Waals surface area contributed by atoms with Crippen molar-refractivity contribution in [3.05, 3.63) is 30.3 Å². The third-order valence-corrected chi connectivity index (χ3v) is 4.16. The van der Waals surface area contributed by atoms with E-state index in [1.54, 1.807) is 0 Å². The number of hydrogen-bond donors (Lipinski definition) is 0. The Bertz CT molecular complexity index is 462. The minimum absolute atomic E-state index is 0.0758. The van der Waals surface area contributed by atoms with Crippen LogP contribution in [0.3, 0.4) is 0 Å². The van der Waals surface area contributed by atoms with Crippen molar-refractivity contribution in [3.63, 3.8) is 0 Å². The van der Waals surface area contributed by atoms with Gasteiger partial charge in [-0.1, -0.05) is 18.2 Å². The molecule has 2 heterocycles. The van der Waals surface area contributed by atoms with E-state index < -0.39 is 0 Å². The van der Waals surface area contributed by atoms with Gasteiger partial charge in [0.15, 0.2) is 6.61 Å². The Hall–Kier alpha value is -1.55. The van der Waals surface area contributed by atoms with Gasteiger partial charge < -0.3 is 14.4 Å². The van der Waals surface area contributed by atoms with Gasteiger partial charge in [-0.2, -0.15) is 0 Å². The number of carbonyl (C=O) groups is 1. The van der Waals surface area contributed by atoms with Crippen LogP contribution in [0.5, 0.6) is 5.75 Å². The molecule has 4 nitrogen and oxygen atoms in total. The summed E-state index contributed by atoms with van der Waals surface area (Å²) in [4.78, 5) is 14.1. The molecule has 0 radical (unpaired) electrons. The summed E-state index contributed by atoms with van der Waals surface area (Å²) >= 11 is 0. The number of carbonyl (C=O) groups excluding carboxylic acids is 1. The molecule has 0 aromatic heterocycles. The number of rotatable bonds is 3. The fraction of sp³-hybridized carbons (Fsp3) is 0.562. The minimum Gasteiger partial charge on any atom is -0.484 e. The SMILES string of the molecule is C[C@@H]1C[C@@H]2CN(C(=O)COc3ccccc3)CC[C@@H]2O1. The molecule has 1 aromatic rings. The van der Waals surface area contributed by atoms with Gasteiger partial charge in [0.05, 0.1) is 12.2 Å². The largest absolute Gasteiger partial charge is 0.484 e. The van der Waals surface area contributed by atoms with Crippen LogP contribution in [0, 0.1) is 5.92 Å². The monoisotopic (exact) mass is 275 g/mol. The number of likely N-dealkylation sites (tertiary alicyclic amines) is 1. The topological polar surface area (TPSA) is 38.8 Å². The average molecular weight is 275 g/mol. The van der Waals surface area contributed by atoms with Crippen LogP contribution in [0.2, 0.25) is 0 Å². The Morgan fingerprint density at radius 2 is 2.20 bits per heavy atom. The maximum absolute atomic E-state index is 12.2. The summed E-state index contributed by atoms with van der Waals surface area (Å²) in [7, 11) is 0. The molecule has 2 fully saturated rings. The van der Waals surface area contributed by atoms with E-state index >= 15 is 0 Å². The number of nitrogens with zero attached hydrogens (tertiary/aromatic N) is 1. The highest BCUT2D eigenvalue weighted by Crippen LogP contribution is 2.32. The van der Waals surface area contributed by atoms with Gasteiger partial charge in [-0.25, -0.2) is 0 Å². The third kappa shape index (κ3) is 2.96. The molecule has 0 saturated carbocycles. The number of hydrogen-bond acceptors (Lipinski definition) is 3. The van der Waals surface area contributed by atoms with Gasteiger partial charge in [-0.15, -0.1) is 0 Å². The van der Waals surface area contributed by atoms with Gasteiger partial charge in [-0.05, 0) is 31.9 Å². The smallest absolute Gasteiger partial charge is 0.260 e. The zero-order valence-electron chi connectivity index (χ0n) is 11.8. The highest BCUT2D eigenvalue weighted by molar-refractivity contribution is 5.77. The first-order valence-electron chi connectivity index (χ1n) is 7.33. The quantitative estimate of drug-likeness (QED) is 0.848. The lowest BCUT2D eigenvalue weighted by atomic mass is 9.93. The highest BCUT2D eigenvalue weighted by Gasteiger charge is 2.38. The fourth-order valence-electron chi connectivity index (χ4n) is 3.18. The summed E-state index contributed by atoms with van der Waals surface area (Å²) in [6.45, 7) is 3.83. The molecule has 108 valence electrons. The van der Waals surface area contributed by atoms with E-state index in [2.05, 4.69) is 6.92 Å². The maximum Gasteiger partial charge on any atom is 0.260 e. The van der Waals surface area contributed by atoms with Gasteiger partial charge in [0.25, 0.3) is 5.91 Å². The molecule has 1 aromatic carbocycles. The van der Waals surface area contributed by atoms with Crippen LogP contribution in [0.4, 0.5) is 0 Å². The van der Waals surface area contributed by atoms with Crippen LogP contribution in [0.15, 0.2) is 30.3 Å². The molecule has 4 heteroatoms. The second-order valence-electron chi connectivity index (χ2n) is 5.71. The number of benzene rings is 1. The molecule has 3 rings (SSSR count). The first-order chi connectivity index (χ1) is 9.72. The van der Waals surface area contributed by atoms with E-state index in [1.807, 2.05) is 35.2 Å². The van der Waals surface area contributed by atoms with Crippen molar-refractivity contribution < 1.29 is 14.3 Å². The van der Waals surface area contributed by atoms with E-state index in [0.717, 1.165) is 31.7 Å². The van der Waals surface area contributed by atoms with Crippen molar-refractivity contribution >= 4 is 5.91 Å². The number of ether oxygens (including phenoxy) is 2. The van der Waals surface area contributed by atoms with Gasteiger partial charge in [0, 0.05) is 19.0 Å². The van der Waals surface area contributed by atoms with Crippen molar-refractivity contribution in [2.75, 3.05) is 19.7 Å². The summed E-state index contributed by atoms with van der Waals surface area (Å²) in [5.74, 6) is 1.32. The molecule has 20 heavy (non-hydrogen) atoms. The standard InChI is InChI=1S/C16H21NO3/c1-12-9-13-10-17(8-7-15(13)20-12)16(18)11-19-14-5-3-2-4-6-14/h2-6,12-13,15H,7-11H2,1H3/t12-,13-,15+/m1/s1. The molecule has 2 saturated heterocycles. The molecule has 0 N–H and O–H groups in total. The van der Waals surface area contributed by atoms with Gasteiger partial charge in [0.1, 0.15) is 5.75 Å². The van der Waals surface area contributed by atoms with Gasteiger partial charge >= 0.3 is 0 Å². The van der Waals surface area contributed by atoms with E-state index in [4.69, 9.17) is 9.47 Å². The van der Waals surface area contributed by atoms with Crippen LogP contribution < -0.4 is 4.74 Å². The lowest BCUT2D eigenvalue weighted by molar-refractivity contribution is -0.136. The molecule has 1 amide bonds. The Balaban J connectivity index is 1.51. The zero-order valence-corrected chi connectivity index (χ0v) is 11.8. The molecule has 0 aliphatic carbocycles. The van der Waals surface area contributed by atoms with Crippen molar-refractivity contribution in [1.82, 2.24) is 4.90 Å². The third-order valence-electron chi connectivity index (χ3n) is 4.16. The Labute approximate surface area is 119 Å². The normalized spacial score (nSPS) is 29.1. The molecule has 2 aliphatic rings. The highest BCUT2D eigenvalue weighted by atomic mass is 16.5. The predicted molar refractivity (Wildman–Crippen MR) is 75.6 cm³/mol. The summed E-state index contributed by atoms with van der Waals surface area (Å²) in [6, 6.07) is 9.48. The molecule has 0 unspecified atom stereocenters. The Morgan fingerprint density at radius 3 is 3.00 bits per heavy atom. The number of piperidine rings is 1. The maximum atomic E-state index is 12.2. The van der Waals surface area contributed by atoms with Crippen molar-refractivity contribution in [2.24, 2.45) is 5.92 Å². The number of amides is 1. The molecule has 0 spiro atoms. The second-order valence-corrected chi connectivity index (χ2v) is 5.71. The van der Waals surface area contributed by atoms with Crippen LogP contribution >= 0.6 is 0 Å². The van der Waals surface area contributed by atoms with Crippen molar-refractivity contribution in [1.29, 1.82) is 0 Å². The van der Waals surface area contributed by atoms with Crippen LogP contribution in [-0.2, 0) is 9.53 Å². The second kappa shape index (κ2) is 5.83. The average Bonchev–Trinajstić information content (AvgIpc) is 2.85. The van der Waals surface area contributed by atoms with Gasteiger partial charge in [-0.3, -0.25) is 4.79 Å². The summed E-state index contributed by atoms with van der Waals surface area (Å²) in [5, 5.41) is 0. The summed E-state index contributed by atoms with van der Waals surface area (Å²) < 4.78 is 11.4. The van der Waals surface area contributed by atoms with E-state index in [9.17, 15) is 4.79 Å². The van der Waals surface area contributed by atoms with Crippen LogP contribution in [-0.4, -0.2) is 42.7 Å². The first kappa shape index (κ1) is 13.4. The lowest BCUT2D eigenvalue weighted by Crippen LogP contribution is -2.46. The van der Waals surface area contributed by atoms with Gasteiger partial charge in [0.2, 0.25) is 0 Å². The van der Waals surface area contributed by atoms with Crippen LogP contribution in [0.25, 0.3) is 0 Å². The Morgan fingerprint density at radius 1 is 1.40 bits per heavy atom. The van der Waals surface area contributed by atoms with E-state index in [-0.39, 0.29) is 12.5 Å². The van der Waals surface area contributed by atoms with Crippen LogP contribution in [0.1, 0.15) is 19.8 Å². The number of para-hydroxylation sites is 1. The number of fused-ring (bicyclic) bond motifs is 1. The molecule has 0 bridgehead atoms. The van der Waals surface area contributed by atoms with E-state index in [0.29, 0.717) is 18.1 Å². The van der Waals surface area contributed by atoms with Crippen molar-refractivity contribution in [2.45, 2.75) is 32.0 Å². The molecule has 2 aliphatic heterocycles. The van der Waals surface area contributed by atoms with E-state index in [1.165, 1.54) is 0 Å². The lowest BCUT2D eigenvalue weighted by Gasteiger charge is -2.34. The zero-order chi connectivity index (χ0) is 13.9. The van der Waals surface area contributed by atoms with Crippen molar-refractivity contribution in [3.8, 4) is 5.75 Å². The summed E-state index contributed by atoms with van der Waals surface area (Å²) in [5.41, 5.74) is 0. The fourth-order valence-corrected chi connectivity index (χ4v) is 3.18. The molecular formula is C16H21NO3. The minimum atomic E-state index is 0.0758.